The Labute approximate surface area is 77.2 Å². The lowest BCUT2D eigenvalue weighted by molar-refractivity contribution is -0.120. The first-order chi connectivity index (χ1) is 6.16. The van der Waals surface area contributed by atoms with Gasteiger partial charge < -0.3 is 21.7 Å². The third-order valence-corrected chi connectivity index (χ3v) is 1.28. The van der Waals surface area contributed by atoms with Crippen LogP contribution in [0.15, 0.2) is 0 Å². The van der Waals surface area contributed by atoms with Crippen LogP contribution in [0.4, 0.5) is 4.79 Å². The highest BCUT2D eigenvalue weighted by atomic mass is 16.2. The van der Waals surface area contributed by atoms with Gasteiger partial charge in [-0.05, 0) is 6.54 Å². The quantitative estimate of drug-likeness (QED) is 0.377. The van der Waals surface area contributed by atoms with E-state index in [0.717, 1.165) is 6.54 Å². The van der Waals surface area contributed by atoms with Crippen molar-refractivity contribution in [1.29, 1.82) is 0 Å². The van der Waals surface area contributed by atoms with Gasteiger partial charge in [-0.2, -0.15) is 0 Å². The van der Waals surface area contributed by atoms with Gasteiger partial charge in [0.2, 0.25) is 5.91 Å². The van der Waals surface area contributed by atoms with E-state index < -0.39 is 6.03 Å². The standard InChI is InChI=1S/C7H16N4O2/c1-2-9-5-6(12)10-3-4-11-7(8)13/h9H,2-5H2,1H3,(H,10,12)(H3,8,11,13). The zero-order chi connectivity index (χ0) is 10.1. The molecule has 0 aliphatic rings. The van der Waals surface area contributed by atoms with Crippen molar-refractivity contribution in [3.8, 4) is 0 Å². The minimum absolute atomic E-state index is 0.0897. The Morgan fingerprint density at radius 1 is 1.23 bits per heavy atom. The summed E-state index contributed by atoms with van der Waals surface area (Å²) in [5, 5.41) is 7.84. The molecule has 0 saturated heterocycles. The number of rotatable bonds is 6. The van der Waals surface area contributed by atoms with E-state index in [1.165, 1.54) is 0 Å². The van der Waals surface area contributed by atoms with Gasteiger partial charge >= 0.3 is 6.03 Å². The predicted molar refractivity (Wildman–Crippen MR) is 49.1 cm³/mol. The zero-order valence-electron chi connectivity index (χ0n) is 7.72. The molecule has 0 spiro atoms. The van der Waals surface area contributed by atoms with E-state index in [1.807, 2.05) is 6.92 Å². The van der Waals surface area contributed by atoms with Crippen LogP contribution in [-0.2, 0) is 4.79 Å². The van der Waals surface area contributed by atoms with Crippen molar-refractivity contribution in [2.45, 2.75) is 6.92 Å². The van der Waals surface area contributed by atoms with Crippen molar-refractivity contribution in [3.63, 3.8) is 0 Å². The van der Waals surface area contributed by atoms with Crippen molar-refractivity contribution in [1.82, 2.24) is 16.0 Å². The van der Waals surface area contributed by atoms with Crippen LogP contribution in [0.25, 0.3) is 0 Å². The molecule has 5 N–H and O–H groups in total. The molecule has 0 heterocycles. The minimum atomic E-state index is -0.582. The third-order valence-electron chi connectivity index (χ3n) is 1.28. The second-order valence-corrected chi connectivity index (χ2v) is 2.42. The molecule has 0 aliphatic heterocycles. The highest BCUT2D eigenvalue weighted by Crippen LogP contribution is 1.64. The number of urea groups is 1. The molecule has 0 unspecified atom stereocenters. The molecule has 0 atom stereocenters. The van der Waals surface area contributed by atoms with E-state index >= 15 is 0 Å². The van der Waals surface area contributed by atoms with Crippen LogP contribution >= 0.6 is 0 Å². The molecule has 0 saturated carbocycles. The summed E-state index contributed by atoms with van der Waals surface area (Å²) in [7, 11) is 0. The fourth-order valence-corrected chi connectivity index (χ4v) is 0.689. The maximum Gasteiger partial charge on any atom is 0.312 e. The van der Waals surface area contributed by atoms with E-state index in [1.54, 1.807) is 0 Å². The van der Waals surface area contributed by atoms with Gasteiger partial charge in [-0.3, -0.25) is 4.79 Å². The number of primary amides is 1. The number of hydrogen-bond acceptors (Lipinski definition) is 3. The molecule has 6 nitrogen and oxygen atoms in total. The zero-order valence-corrected chi connectivity index (χ0v) is 7.72. The monoisotopic (exact) mass is 188 g/mol. The van der Waals surface area contributed by atoms with Gasteiger partial charge in [0.05, 0.1) is 6.54 Å². The molecule has 76 valence electrons. The van der Waals surface area contributed by atoms with Crippen molar-refractivity contribution in [3.05, 3.63) is 0 Å². The van der Waals surface area contributed by atoms with Gasteiger partial charge in [-0.25, -0.2) is 4.79 Å². The van der Waals surface area contributed by atoms with E-state index in [-0.39, 0.29) is 5.91 Å². The van der Waals surface area contributed by atoms with Gasteiger partial charge in [-0.15, -0.1) is 0 Å². The number of amides is 3. The Bertz CT molecular complexity index is 172. The summed E-state index contributed by atoms with van der Waals surface area (Å²) in [5.74, 6) is -0.0897. The summed E-state index contributed by atoms with van der Waals surface area (Å²) in [5.41, 5.74) is 4.81. The summed E-state index contributed by atoms with van der Waals surface area (Å²) >= 11 is 0. The maximum absolute atomic E-state index is 10.9. The third kappa shape index (κ3) is 8.61. The molecule has 0 aromatic rings. The molecule has 0 rings (SSSR count). The van der Waals surface area contributed by atoms with E-state index in [4.69, 9.17) is 5.73 Å². The van der Waals surface area contributed by atoms with E-state index in [9.17, 15) is 9.59 Å². The lowest BCUT2D eigenvalue weighted by Crippen LogP contribution is -2.40. The molecule has 0 fully saturated rings. The molecule has 3 amide bonds. The van der Waals surface area contributed by atoms with E-state index in [2.05, 4.69) is 16.0 Å². The van der Waals surface area contributed by atoms with E-state index in [0.29, 0.717) is 19.6 Å². The number of nitrogens with two attached hydrogens (primary N) is 1. The first-order valence-corrected chi connectivity index (χ1v) is 4.17. The summed E-state index contributed by atoms with van der Waals surface area (Å²) in [6, 6.07) is -0.582. The van der Waals surface area contributed by atoms with Crippen LogP contribution < -0.4 is 21.7 Å². The minimum Gasteiger partial charge on any atom is -0.353 e. The Morgan fingerprint density at radius 3 is 2.38 bits per heavy atom. The predicted octanol–water partition coefficient (Wildman–Crippen LogP) is -1.62. The number of nitrogens with one attached hydrogen (secondary N) is 3. The number of carbonyl (C=O) groups is 2. The molecular formula is C7H16N4O2. The fraction of sp³-hybridized carbons (Fsp3) is 0.714. The normalized spacial score (nSPS) is 9.31. The van der Waals surface area contributed by atoms with Crippen LogP contribution in [0.1, 0.15) is 6.92 Å². The number of hydrogen-bond donors (Lipinski definition) is 4. The molecular weight excluding hydrogens is 172 g/mol. The summed E-state index contributed by atoms with van der Waals surface area (Å²) < 4.78 is 0. The molecule has 0 aromatic heterocycles. The molecule has 6 heteroatoms. The second-order valence-electron chi connectivity index (χ2n) is 2.42. The van der Waals surface area contributed by atoms with Crippen LogP contribution in [0.3, 0.4) is 0 Å². The lowest BCUT2D eigenvalue weighted by atomic mass is 10.5. The fourth-order valence-electron chi connectivity index (χ4n) is 0.689. The maximum atomic E-state index is 10.9. The van der Waals surface area contributed by atoms with Crippen molar-refractivity contribution in [2.24, 2.45) is 5.73 Å². The second kappa shape index (κ2) is 7.35. The Morgan fingerprint density at radius 2 is 1.85 bits per heavy atom. The SMILES string of the molecule is CCNCC(=O)NCCNC(N)=O. The van der Waals surface area contributed by atoms with Crippen LogP contribution in [0.2, 0.25) is 0 Å². The largest absolute Gasteiger partial charge is 0.353 e. The first kappa shape index (κ1) is 11.7. The first-order valence-electron chi connectivity index (χ1n) is 4.17. The number of carbonyl (C=O) groups excluding carboxylic acids is 2. The highest BCUT2D eigenvalue weighted by Gasteiger charge is 1.97. The molecule has 0 aromatic carbocycles. The lowest BCUT2D eigenvalue weighted by Gasteiger charge is -2.05. The van der Waals surface area contributed by atoms with Crippen molar-refractivity contribution < 1.29 is 9.59 Å². The van der Waals surface area contributed by atoms with Crippen molar-refractivity contribution >= 4 is 11.9 Å². The van der Waals surface area contributed by atoms with Gasteiger partial charge in [0, 0.05) is 13.1 Å². The molecule has 0 bridgehead atoms. The van der Waals surface area contributed by atoms with Gasteiger partial charge in [0.15, 0.2) is 0 Å². The molecule has 0 radical (unpaired) electrons. The van der Waals surface area contributed by atoms with Crippen LogP contribution in [0, 0.1) is 0 Å². The Kier molecular flexibility index (Phi) is 6.62. The van der Waals surface area contributed by atoms with Gasteiger partial charge in [0.1, 0.15) is 0 Å². The average molecular weight is 188 g/mol. The summed E-state index contributed by atoms with van der Waals surface area (Å²) in [6.07, 6.45) is 0. The smallest absolute Gasteiger partial charge is 0.312 e. The number of likely N-dealkylation sites (N-methyl/N-ethyl adjacent to an activating group) is 1. The molecule has 0 aliphatic carbocycles. The Balaban J connectivity index is 3.22. The Hall–Kier alpha value is -1.30. The van der Waals surface area contributed by atoms with Crippen molar-refractivity contribution in [2.75, 3.05) is 26.2 Å². The highest BCUT2D eigenvalue weighted by molar-refractivity contribution is 5.78. The molecule has 13 heavy (non-hydrogen) atoms. The summed E-state index contributed by atoms with van der Waals surface area (Å²) in [6.45, 7) is 3.72. The van der Waals surface area contributed by atoms with Crippen LogP contribution in [0.5, 0.6) is 0 Å². The average Bonchev–Trinajstić information content (AvgIpc) is 2.08. The van der Waals surface area contributed by atoms with Gasteiger partial charge in [-0.1, -0.05) is 6.92 Å². The van der Waals surface area contributed by atoms with Gasteiger partial charge in [0.25, 0.3) is 0 Å². The van der Waals surface area contributed by atoms with Crippen LogP contribution in [-0.4, -0.2) is 38.1 Å². The summed E-state index contributed by atoms with van der Waals surface area (Å²) in [4.78, 5) is 21.1. The topological polar surface area (TPSA) is 96.2 Å².